The van der Waals surface area contributed by atoms with Crippen LogP contribution >= 0.6 is 11.6 Å². The molecule has 1 aromatic heterocycles. The van der Waals surface area contributed by atoms with Gasteiger partial charge in [0.1, 0.15) is 5.82 Å². The molecule has 0 amide bonds. The molecule has 0 aromatic carbocycles. The Bertz CT molecular complexity index is 345. The van der Waals surface area contributed by atoms with Gasteiger partial charge in [0.15, 0.2) is 0 Å². The highest BCUT2D eigenvalue weighted by molar-refractivity contribution is 6.31. The van der Waals surface area contributed by atoms with Gasteiger partial charge >= 0.3 is 0 Å². The Kier molecular flexibility index (Phi) is 7.78. The minimum Gasteiger partial charge on any atom is -0.375 e. The Morgan fingerprint density at radius 3 is 2.78 bits per heavy atom. The number of aromatic nitrogens is 1. The fraction of sp³-hybridized carbons (Fsp3) is 0.643. The van der Waals surface area contributed by atoms with Gasteiger partial charge in [0.25, 0.3) is 0 Å². The third kappa shape index (κ3) is 5.69. The van der Waals surface area contributed by atoms with E-state index in [4.69, 9.17) is 16.3 Å². The largest absolute Gasteiger partial charge is 0.375 e. The van der Waals surface area contributed by atoms with Crippen molar-refractivity contribution in [3.05, 3.63) is 22.8 Å². The standard InChI is InChI=1S/C14H23ClN2O/c1-3-5-6-10-18-11-13-12(15)7-8-14(17-13)16-9-4-2/h7-8H,3-6,9-11H2,1-2H3,(H,16,17). The molecule has 3 nitrogen and oxygen atoms in total. The number of halogens is 1. The number of hydrogen-bond acceptors (Lipinski definition) is 3. The molecular formula is C14H23ClN2O. The van der Waals surface area contributed by atoms with E-state index in [0.717, 1.165) is 37.5 Å². The summed E-state index contributed by atoms with van der Waals surface area (Å²) in [5.74, 6) is 0.869. The fourth-order valence-electron chi connectivity index (χ4n) is 1.56. The summed E-state index contributed by atoms with van der Waals surface area (Å²) in [5, 5.41) is 3.92. The third-order valence-corrected chi connectivity index (χ3v) is 2.95. The van der Waals surface area contributed by atoms with Crippen LogP contribution in [0.15, 0.2) is 12.1 Å². The monoisotopic (exact) mass is 270 g/mol. The highest BCUT2D eigenvalue weighted by Gasteiger charge is 2.04. The molecule has 0 aliphatic carbocycles. The molecule has 0 aliphatic rings. The van der Waals surface area contributed by atoms with Crippen LogP contribution in [0.5, 0.6) is 0 Å². The molecule has 4 heteroatoms. The van der Waals surface area contributed by atoms with E-state index >= 15 is 0 Å². The summed E-state index contributed by atoms with van der Waals surface area (Å²) in [5.41, 5.74) is 0.814. The lowest BCUT2D eigenvalue weighted by molar-refractivity contribution is 0.114. The number of hydrogen-bond donors (Lipinski definition) is 1. The zero-order valence-electron chi connectivity index (χ0n) is 11.3. The quantitative estimate of drug-likeness (QED) is 0.681. The maximum absolute atomic E-state index is 6.10. The molecule has 0 spiro atoms. The molecular weight excluding hydrogens is 248 g/mol. The maximum Gasteiger partial charge on any atom is 0.126 e. The molecule has 1 N–H and O–H groups in total. The van der Waals surface area contributed by atoms with Crippen LogP contribution in [-0.4, -0.2) is 18.1 Å². The first kappa shape index (κ1) is 15.3. The van der Waals surface area contributed by atoms with Crippen LogP contribution < -0.4 is 5.32 Å². The summed E-state index contributed by atoms with van der Waals surface area (Å²) < 4.78 is 5.59. The lowest BCUT2D eigenvalue weighted by Gasteiger charge is -2.09. The van der Waals surface area contributed by atoms with E-state index < -0.39 is 0 Å². The average Bonchev–Trinajstić information content (AvgIpc) is 2.39. The SMILES string of the molecule is CCCCCOCc1nc(NCCC)ccc1Cl. The first-order chi connectivity index (χ1) is 8.77. The van der Waals surface area contributed by atoms with E-state index in [-0.39, 0.29) is 0 Å². The number of rotatable bonds is 9. The Morgan fingerprint density at radius 1 is 1.22 bits per heavy atom. The predicted molar refractivity (Wildman–Crippen MR) is 77.2 cm³/mol. The van der Waals surface area contributed by atoms with Crippen molar-refractivity contribution in [2.75, 3.05) is 18.5 Å². The number of ether oxygens (including phenoxy) is 1. The first-order valence-electron chi connectivity index (χ1n) is 6.75. The predicted octanol–water partition coefficient (Wildman–Crippen LogP) is 4.26. The number of nitrogens with one attached hydrogen (secondary N) is 1. The van der Waals surface area contributed by atoms with E-state index in [1.807, 2.05) is 12.1 Å². The number of pyridine rings is 1. The molecule has 0 unspecified atom stereocenters. The minimum atomic E-state index is 0.490. The van der Waals surface area contributed by atoms with Gasteiger partial charge in [0.2, 0.25) is 0 Å². The molecule has 0 bridgehead atoms. The van der Waals surface area contributed by atoms with Gasteiger partial charge in [-0.15, -0.1) is 0 Å². The van der Waals surface area contributed by atoms with Gasteiger partial charge in [-0.3, -0.25) is 0 Å². The van der Waals surface area contributed by atoms with Crippen LogP contribution in [-0.2, 0) is 11.3 Å². The molecule has 1 heterocycles. The van der Waals surface area contributed by atoms with Crippen molar-refractivity contribution in [1.29, 1.82) is 0 Å². The van der Waals surface area contributed by atoms with Gasteiger partial charge < -0.3 is 10.1 Å². The van der Waals surface area contributed by atoms with Crippen molar-refractivity contribution in [2.24, 2.45) is 0 Å². The van der Waals surface area contributed by atoms with Crippen LogP contribution in [0.1, 0.15) is 45.2 Å². The molecule has 0 aliphatic heterocycles. The van der Waals surface area contributed by atoms with Crippen molar-refractivity contribution in [1.82, 2.24) is 4.98 Å². The van der Waals surface area contributed by atoms with E-state index in [2.05, 4.69) is 24.1 Å². The summed E-state index contributed by atoms with van der Waals surface area (Å²) in [6.07, 6.45) is 4.59. The zero-order chi connectivity index (χ0) is 13.2. The lowest BCUT2D eigenvalue weighted by Crippen LogP contribution is -2.05. The summed E-state index contributed by atoms with van der Waals surface area (Å²) >= 11 is 6.10. The van der Waals surface area contributed by atoms with Crippen molar-refractivity contribution in [2.45, 2.75) is 46.1 Å². The van der Waals surface area contributed by atoms with Crippen LogP contribution in [0, 0.1) is 0 Å². The minimum absolute atomic E-state index is 0.490. The lowest BCUT2D eigenvalue weighted by atomic mass is 10.3. The van der Waals surface area contributed by atoms with E-state index in [0.29, 0.717) is 11.6 Å². The van der Waals surface area contributed by atoms with E-state index in [1.165, 1.54) is 12.8 Å². The average molecular weight is 271 g/mol. The van der Waals surface area contributed by atoms with Crippen molar-refractivity contribution >= 4 is 17.4 Å². The second kappa shape index (κ2) is 9.17. The van der Waals surface area contributed by atoms with Gasteiger partial charge in [-0.05, 0) is 25.0 Å². The zero-order valence-corrected chi connectivity index (χ0v) is 12.1. The highest BCUT2D eigenvalue weighted by Crippen LogP contribution is 2.17. The Labute approximate surface area is 115 Å². The topological polar surface area (TPSA) is 34.1 Å². The Morgan fingerprint density at radius 2 is 2.06 bits per heavy atom. The van der Waals surface area contributed by atoms with E-state index in [1.54, 1.807) is 0 Å². The van der Waals surface area contributed by atoms with Gasteiger partial charge in [-0.1, -0.05) is 38.3 Å². The molecule has 0 fully saturated rings. The van der Waals surface area contributed by atoms with Crippen molar-refractivity contribution in [3.8, 4) is 0 Å². The van der Waals surface area contributed by atoms with Crippen LogP contribution in [0.3, 0.4) is 0 Å². The normalized spacial score (nSPS) is 10.6. The molecule has 0 saturated carbocycles. The Balaban J connectivity index is 2.42. The maximum atomic E-state index is 6.10. The van der Waals surface area contributed by atoms with Gasteiger partial charge in [-0.25, -0.2) is 4.98 Å². The van der Waals surface area contributed by atoms with Gasteiger partial charge in [0.05, 0.1) is 17.3 Å². The van der Waals surface area contributed by atoms with Crippen LogP contribution in [0.25, 0.3) is 0 Å². The second-order valence-electron chi connectivity index (χ2n) is 4.31. The van der Waals surface area contributed by atoms with E-state index in [9.17, 15) is 0 Å². The summed E-state index contributed by atoms with van der Waals surface area (Å²) in [6.45, 7) is 6.50. The smallest absolute Gasteiger partial charge is 0.126 e. The molecule has 0 saturated heterocycles. The number of anilines is 1. The summed E-state index contributed by atoms with van der Waals surface area (Å²) in [7, 11) is 0. The molecule has 102 valence electrons. The van der Waals surface area contributed by atoms with Crippen molar-refractivity contribution in [3.63, 3.8) is 0 Å². The molecule has 0 atom stereocenters. The van der Waals surface area contributed by atoms with Gasteiger partial charge in [0, 0.05) is 13.2 Å². The summed E-state index contributed by atoms with van der Waals surface area (Å²) in [4.78, 5) is 4.46. The molecule has 0 radical (unpaired) electrons. The fourth-order valence-corrected chi connectivity index (χ4v) is 1.72. The third-order valence-electron chi connectivity index (χ3n) is 2.61. The summed E-state index contributed by atoms with van der Waals surface area (Å²) in [6, 6.07) is 3.77. The Hall–Kier alpha value is -0.800. The molecule has 18 heavy (non-hydrogen) atoms. The van der Waals surface area contributed by atoms with Crippen LogP contribution in [0.4, 0.5) is 5.82 Å². The molecule has 1 rings (SSSR count). The second-order valence-corrected chi connectivity index (χ2v) is 4.72. The first-order valence-corrected chi connectivity index (χ1v) is 7.12. The number of unbranched alkanes of at least 4 members (excludes halogenated alkanes) is 2. The number of nitrogens with zero attached hydrogens (tertiary/aromatic N) is 1. The molecule has 1 aromatic rings. The van der Waals surface area contributed by atoms with Gasteiger partial charge in [-0.2, -0.15) is 0 Å². The van der Waals surface area contributed by atoms with Crippen molar-refractivity contribution < 1.29 is 4.74 Å². The highest BCUT2D eigenvalue weighted by atomic mass is 35.5. The van der Waals surface area contributed by atoms with Crippen LogP contribution in [0.2, 0.25) is 5.02 Å².